The summed E-state index contributed by atoms with van der Waals surface area (Å²) in [6.45, 7) is 2.96. The number of aliphatic hydroxyl groups is 1. The van der Waals surface area contributed by atoms with Crippen molar-refractivity contribution in [3.05, 3.63) is 29.8 Å². The molecule has 1 aromatic carbocycles. The minimum Gasteiger partial charge on any atom is -0.497 e. The first-order valence-electron chi connectivity index (χ1n) is 6.03. The topological polar surface area (TPSA) is 55.5 Å². The third-order valence-corrected chi connectivity index (χ3v) is 4.33. The van der Waals surface area contributed by atoms with Crippen LogP contribution >= 0.6 is 0 Å². The molecule has 0 bridgehead atoms. The maximum Gasteiger partial charge on any atom is 0.118 e. The molecule has 94 valence electrons. The van der Waals surface area contributed by atoms with Gasteiger partial charge in [0.05, 0.1) is 13.7 Å². The lowest BCUT2D eigenvalue weighted by Gasteiger charge is -2.19. The van der Waals surface area contributed by atoms with Crippen molar-refractivity contribution >= 4 is 0 Å². The highest BCUT2D eigenvalue weighted by atomic mass is 16.5. The van der Waals surface area contributed by atoms with Crippen LogP contribution < -0.4 is 10.5 Å². The third-order valence-electron chi connectivity index (χ3n) is 4.33. The zero-order chi connectivity index (χ0) is 12.5. The van der Waals surface area contributed by atoms with Gasteiger partial charge in [-0.05, 0) is 36.0 Å². The van der Waals surface area contributed by atoms with Crippen LogP contribution in [0, 0.1) is 10.8 Å². The summed E-state index contributed by atoms with van der Waals surface area (Å²) in [6.07, 6.45) is 1.98. The molecule has 1 fully saturated rings. The molecule has 0 amide bonds. The lowest BCUT2D eigenvalue weighted by molar-refractivity contribution is 0.180. The Morgan fingerprint density at radius 3 is 2.41 bits per heavy atom. The molecule has 1 aliphatic carbocycles. The molecule has 3 nitrogen and oxygen atoms in total. The first kappa shape index (κ1) is 12.4. The predicted octanol–water partition coefficient (Wildman–Crippen LogP) is 1.59. The molecule has 0 aromatic heterocycles. The quantitative estimate of drug-likeness (QED) is 0.814. The fraction of sp³-hybridized carbons (Fsp3) is 0.571. The second-order valence-electron chi connectivity index (χ2n) is 5.40. The van der Waals surface area contributed by atoms with Crippen molar-refractivity contribution in [1.29, 1.82) is 0 Å². The first-order chi connectivity index (χ1) is 8.09. The van der Waals surface area contributed by atoms with E-state index < -0.39 is 0 Å². The first-order valence-corrected chi connectivity index (χ1v) is 6.03. The summed E-state index contributed by atoms with van der Waals surface area (Å²) >= 11 is 0. The van der Waals surface area contributed by atoms with Gasteiger partial charge in [0, 0.05) is 12.0 Å². The van der Waals surface area contributed by atoms with E-state index in [1.807, 2.05) is 12.1 Å². The Hall–Kier alpha value is -1.06. The van der Waals surface area contributed by atoms with Crippen molar-refractivity contribution in [1.82, 2.24) is 0 Å². The molecule has 17 heavy (non-hydrogen) atoms. The van der Waals surface area contributed by atoms with Gasteiger partial charge >= 0.3 is 0 Å². The van der Waals surface area contributed by atoms with Crippen LogP contribution in [-0.2, 0) is 6.42 Å². The van der Waals surface area contributed by atoms with E-state index in [0.717, 1.165) is 18.6 Å². The third kappa shape index (κ3) is 2.05. The normalized spacial score (nSPS) is 31.3. The van der Waals surface area contributed by atoms with Crippen molar-refractivity contribution in [2.45, 2.75) is 19.8 Å². The minimum atomic E-state index is -0.0626. The molecule has 2 rings (SSSR count). The van der Waals surface area contributed by atoms with Gasteiger partial charge in [0.2, 0.25) is 0 Å². The largest absolute Gasteiger partial charge is 0.497 e. The number of nitrogens with two attached hydrogens (primary N) is 1. The summed E-state index contributed by atoms with van der Waals surface area (Å²) in [4.78, 5) is 0. The minimum absolute atomic E-state index is 0.0626. The molecule has 0 heterocycles. The highest BCUT2D eigenvalue weighted by Crippen LogP contribution is 2.64. The maximum absolute atomic E-state index is 9.45. The van der Waals surface area contributed by atoms with E-state index in [9.17, 15) is 5.11 Å². The molecule has 2 atom stereocenters. The molecule has 1 aromatic rings. The van der Waals surface area contributed by atoms with Gasteiger partial charge in [0.15, 0.2) is 0 Å². The number of ether oxygens (including phenoxy) is 1. The number of rotatable bonds is 5. The van der Waals surface area contributed by atoms with Crippen molar-refractivity contribution < 1.29 is 9.84 Å². The molecular weight excluding hydrogens is 214 g/mol. The van der Waals surface area contributed by atoms with Crippen LogP contribution in [0.25, 0.3) is 0 Å². The lowest BCUT2D eigenvalue weighted by Crippen LogP contribution is -2.26. The molecule has 0 spiro atoms. The van der Waals surface area contributed by atoms with E-state index in [-0.39, 0.29) is 17.4 Å². The zero-order valence-electron chi connectivity index (χ0n) is 10.6. The zero-order valence-corrected chi connectivity index (χ0v) is 10.6. The van der Waals surface area contributed by atoms with Crippen LogP contribution in [0.2, 0.25) is 0 Å². The SMILES string of the molecule is COc1ccc(CC2(C)CC2(CN)CO)cc1. The number of aliphatic hydroxyl groups excluding tert-OH is 1. The molecule has 2 unspecified atom stereocenters. The summed E-state index contributed by atoms with van der Waals surface area (Å²) < 4.78 is 5.14. The predicted molar refractivity (Wildman–Crippen MR) is 68.0 cm³/mol. The number of hydrogen-bond acceptors (Lipinski definition) is 3. The Kier molecular flexibility index (Phi) is 3.15. The molecule has 1 saturated carbocycles. The van der Waals surface area contributed by atoms with Crippen molar-refractivity contribution in [2.75, 3.05) is 20.3 Å². The van der Waals surface area contributed by atoms with Gasteiger partial charge in [-0.25, -0.2) is 0 Å². The fourth-order valence-corrected chi connectivity index (χ4v) is 2.78. The van der Waals surface area contributed by atoms with Gasteiger partial charge in [-0.1, -0.05) is 19.1 Å². The van der Waals surface area contributed by atoms with E-state index >= 15 is 0 Å². The average Bonchev–Trinajstić information content (AvgIpc) is 2.96. The standard InChI is InChI=1S/C14H21NO2/c1-13(8-14(13,9-15)10-16)7-11-3-5-12(17-2)6-4-11/h3-6,16H,7-10,15H2,1-2H3. The highest BCUT2D eigenvalue weighted by Gasteiger charge is 2.62. The number of methoxy groups -OCH3 is 1. The smallest absolute Gasteiger partial charge is 0.118 e. The van der Waals surface area contributed by atoms with Crippen LogP contribution in [0.1, 0.15) is 18.9 Å². The van der Waals surface area contributed by atoms with E-state index in [2.05, 4.69) is 19.1 Å². The van der Waals surface area contributed by atoms with Crippen LogP contribution in [0.15, 0.2) is 24.3 Å². The lowest BCUT2D eigenvalue weighted by atomic mass is 9.89. The summed E-state index contributed by atoms with van der Waals surface area (Å²) in [5, 5.41) is 9.45. The second kappa shape index (κ2) is 4.31. The van der Waals surface area contributed by atoms with Crippen LogP contribution in [-0.4, -0.2) is 25.4 Å². The van der Waals surface area contributed by atoms with Gasteiger partial charge in [-0.2, -0.15) is 0 Å². The van der Waals surface area contributed by atoms with E-state index in [1.54, 1.807) is 7.11 Å². The highest BCUT2D eigenvalue weighted by molar-refractivity contribution is 5.30. The Labute approximate surface area is 103 Å². The fourth-order valence-electron chi connectivity index (χ4n) is 2.78. The van der Waals surface area contributed by atoms with Crippen molar-refractivity contribution in [2.24, 2.45) is 16.6 Å². The van der Waals surface area contributed by atoms with Crippen LogP contribution in [0.3, 0.4) is 0 Å². The molecule has 3 N–H and O–H groups in total. The van der Waals surface area contributed by atoms with Crippen LogP contribution in [0.4, 0.5) is 0 Å². The van der Waals surface area contributed by atoms with Gasteiger partial charge < -0.3 is 15.6 Å². The number of benzene rings is 1. The van der Waals surface area contributed by atoms with Gasteiger partial charge in [0.25, 0.3) is 0 Å². The Morgan fingerprint density at radius 1 is 1.35 bits per heavy atom. The molecular formula is C14H21NO2. The van der Waals surface area contributed by atoms with E-state index in [0.29, 0.717) is 6.54 Å². The monoisotopic (exact) mass is 235 g/mol. The maximum atomic E-state index is 9.45. The summed E-state index contributed by atoms with van der Waals surface area (Å²) in [6, 6.07) is 8.12. The van der Waals surface area contributed by atoms with Gasteiger partial charge in [-0.3, -0.25) is 0 Å². The summed E-state index contributed by atoms with van der Waals surface area (Å²) in [5.74, 6) is 0.877. The van der Waals surface area contributed by atoms with E-state index in [1.165, 1.54) is 5.56 Å². The molecule has 3 heteroatoms. The molecule has 0 aliphatic heterocycles. The summed E-state index contributed by atoms with van der Waals surface area (Å²) in [5.41, 5.74) is 7.13. The molecule has 1 aliphatic rings. The Morgan fingerprint density at radius 2 is 2.00 bits per heavy atom. The molecule has 0 saturated heterocycles. The van der Waals surface area contributed by atoms with Crippen molar-refractivity contribution in [3.63, 3.8) is 0 Å². The van der Waals surface area contributed by atoms with Crippen molar-refractivity contribution in [3.8, 4) is 5.75 Å². The Balaban J connectivity index is 2.07. The molecule has 0 radical (unpaired) electrons. The number of hydrogen-bond donors (Lipinski definition) is 2. The Bertz CT molecular complexity index is 384. The van der Waals surface area contributed by atoms with Gasteiger partial charge in [-0.15, -0.1) is 0 Å². The summed E-state index contributed by atoms with van der Waals surface area (Å²) in [7, 11) is 1.67. The van der Waals surface area contributed by atoms with Gasteiger partial charge in [0.1, 0.15) is 5.75 Å². The average molecular weight is 235 g/mol. The second-order valence-corrected chi connectivity index (χ2v) is 5.40. The van der Waals surface area contributed by atoms with Crippen LogP contribution in [0.5, 0.6) is 5.75 Å². The van der Waals surface area contributed by atoms with E-state index in [4.69, 9.17) is 10.5 Å².